The van der Waals surface area contributed by atoms with Gasteiger partial charge in [-0.3, -0.25) is 0 Å². The second-order valence-electron chi connectivity index (χ2n) is 7.51. The van der Waals surface area contributed by atoms with E-state index in [1.54, 1.807) is 0 Å². The fourth-order valence-corrected chi connectivity index (χ4v) is 3.56. The van der Waals surface area contributed by atoms with Gasteiger partial charge >= 0.3 is 0 Å². The molecule has 1 aromatic rings. The van der Waals surface area contributed by atoms with Gasteiger partial charge in [-0.2, -0.15) is 0 Å². The minimum Gasteiger partial charge on any atom is -0.381 e. The molecule has 0 bridgehead atoms. The molecule has 1 saturated heterocycles. The molecule has 0 unspecified atom stereocenters. The second-order valence-corrected chi connectivity index (χ2v) is 7.51. The smallest absolute Gasteiger partial charge is 0.195 e. The van der Waals surface area contributed by atoms with Gasteiger partial charge in [-0.25, -0.2) is 0 Å². The molecule has 1 heterocycles. The molecule has 0 saturated carbocycles. The molecule has 148 valence electrons. The number of ether oxygens (including phenoxy) is 3. The Morgan fingerprint density at radius 2 is 1.38 bits per heavy atom. The average Bonchev–Trinajstić information content (AvgIpc) is 3.13. The third-order valence-electron chi connectivity index (χ3n) is 5.18. The first-order valence-corrected chi connectivity index (χ1v) is 10.7. The largest absolute Gasteiger partial charge is 0.381 e. The molecule has 0 atom stereocenters. The van der Waals surface area contributed by atoms with Crippen molar-refractivity contribution >= 4 is 0 Å². The quantitative estimate of drug-likeness (QED) is 0.372. The monoisotopic (exact) mass is 362 g/mol. The Morgan fingerprint density at radius 3 is 2.04 bits per heavy atom. The lowest BCUT2D eigenvalue weighted by Gasteiger charge is -2.28. The number of hydrogen-bond donors (Lipinski definition) is 0. The van der Waals surface area contributed by atoms with Gasteiger partial charge in [0.25, 0.3) is 0 Å². The van der Waals surface area contributed by atoms with Crippen molar-refractivity contribution in [2.24, 2.45) is 0 Å². The molecule has 1 fully saturated rings. The lowest BCUT2D eigenvalue weighted by molar-refractivity contribution is -0.173. The van der Waals surface area contributed by atoms with Crippen molar-refractivity contribution < 1.29 is 14.2 Å². The normalized spacial score (nSPS) is 16.2. The van der Waals surface area contributed by atoms with Crippen LogP contribution in [0, 0.1) is 6.92 Å². The zero-order valence-electron chi connectivity index (χ0n) is 16.9. The molecule has 0 aliphatic carbocycles. The zero-order chi connectivity index (χ0) is 18.5. The molecule has 1 aliphatic heterocycles. The Labute approximate surface area is 160 Å². The summed E-state index contributed by atoms with van der Waals surface area (Å²) >= 11 is 0. The predicted octanol–water partition coefficient (Wildman–Crippen LogP) is 6.13. The summed E-state index contributed by atoms with van der Waals surface area (Å²) < 4.78 is 17.8. The maximum atomic E-state index is 5.99. The van der Waals surface area contributed by atoms with E-state index in [0.29, 0.717) is 13.2 Å². The van der Waals surface area contributed by atoms with Crippen LogP contribution in [0.25, 0.3) is 0 Å². The van der Waals surface area contributed by atoms with E-state index in [4.69, 9.17) is 14.2 Å². The molecule has 0 aromatic heterocycles. The molecule has 3 heteroatoms. The first-order valence-electron chi connectivity index (χ1n) is 10.7. The van der Waals surface area contributed by atoms with Crippen LogP contribution in [0.5, 0.6) is 0 Å². The first kappa shape index (κ1) is 21.4. The highest BCUT2D eigenvalue weighted by Crippen LogP contribution is 2.36. The summed E-state index contributed by atoms with van der Waals surface area (Å²) in [5.41, 5.74) is 2.39. The van der Waals surface area contributed by atoms with Gasteiger partial charge in [0.2, 0.25) is 0 Å². The van der Waals surface area contributed by atoms with Crippen LogP contribution in [-0.4, -0.2) is 26.4 Å². The maximum Gasteiger partial charge on any atom is 0.195 e. The van der Waals surface area contributed by atoms with Crippen LogP contribution in [0.2, 0.25) is 0 Å². The minimum absolute atomic E-state index is 0.560. The van der Waals surface area contributed by atoms with E-state index in [9.17, 15) is 0 Å². The van der Waals surface area contributed by atoms with Crippen molar-refractivity contribution in [3.63, 3.8) is 0 Å². The van der Waals surface area contributed by atoms with E-state index in [1.165, 1.54) is 56.9 Å². The summed E-state index contributed by atoms with van der Waals surface area (Å²) in [5, 5.41) is 0. The standard InChI is InChI=1S/C23H38O3/c1-3-4-5-6-7-8-9-10-17-24-18-11-16-23(25-19-20-26-23)22-14-12-21(2)13-15-22/h12-15H,3-11,16-20H2,1-2H3. The fourth-order valence-electron chi connectivity index (χ4n) is 3.56. The fraction of sp³-hybridized carbons (Fsp3) is 0.739. The Morgan fingerprint density at radius 1 is 0.808 bits per heavy atom. The number of hydrogen-bond acceptors (Lipinski definition) is 3. The van der Waals surface area contributed by atoms with Crippen molar-refractivity contribution in [1.82, 2.24) is 0 Å². The lowest BCUT2D eigenvalue weighted by Crippen LogP contribution is -2.27. The highest BCUT2D eigenvalue weighted by atomic mass is 16.7. The Balaban J connectivity index is 1.54. The van der Waals surface area contributed by atoms with E-state index in [-0.39, 0.29) is 0 Å². The summed E-state index contributed by atoms with van der Waals surface area (Å²) in [7, 11) is 0. The molecule has 2 rings (SSSR count). The molecule has 1 aliphatic rings. The van der Waals surface area contributed by atoms with Crippen LogP contribution in [0.1, 0.15) is 82.3 Å². The van der Waals surface area contributed by atoms with Gasteiger partial charge in [0.05, 0.1) is 13.2 Å². The van der Waals surface area contributed by atoms with E-state index >= 15 is 0 Å². The number of rotatable bonds is 14. The van der Waals surface area contributed by atoms with E-state index in [1.807, 2.05) is 0 Å². The lowest BCUT2D eigenvalue weighted by atomic mass is 9.99. The molecule has 26 heavy (non-hydrogen) atoms. The molecule has 3 nitrogen and oxygen atoms in total. The Kier molecular flexibility index (Phi) is 10.3. The van der Waals surface area contributed by atoms with Gasteiger partial charge in [-0.15, -0.1) is 0 Å². The van der Waals surface area contributed by atoms with Gasteiger partial charge in [0, 0.05) is 25.2 Å². The average molecular weight is 363 g/mol. The summed E-state index contributed by atoms with van der Waals surface area (Å²) in [5.74, 6) is -0.560. The van der Waals surface area contributed by atoms with Crippen LogP contribution < -0.4 is 0 Å². The van der Waals surface area contributed by atoms with Gasteiger partial charge in [0.15, 0.2) is 5.79 Å². The van der Waals surface area contributed by atoms with Gasteiger partial charge in [0.1, 0.15) is 0 Å². The Hall–Kier alpha value is -0.900. The van der Waals surface area contributed by atoms with Crippen LogP contribution >= 0.6 is 0 Å². The van der Waals surface area contributed by atoms with E-state index in [0.717, 1.165) is 31.6 Å². The molecule has 1 aromatic carbocycles. The van der Waals surface area contributed by atoms with E-state index < -0.39 is 5.79 Å². The van der Waals surface area contributed by atoms with Crippen molar-refractivity contribution in [3.8, 4) is 0 Å². The SMILES string of the molecule is CCCCCCCCCCOCCCC1(c2ccc(C)cc2)OCCO1. The van der Waals surface area contributed by atoms with Gasteiger partial charge < -0.3 is 14.2 Å². The summed E-state index contributed by atoms with van der Waals surface area (Å²) in [6.45, 7) is 7.39. The van der Waals surface area contributed by atoms with Crippen molar-refractivity contribution in [1.29, 1.82) is 0 Å². The third-order valence-corrected chi connectivity index (χ3v) is 5.18. The van der Waals surface area contributed by atoms with Crippen LogP contribution in [-0.2, 0) is 20.0 Å². The van der Waals surface area contributed by atoms with Crippen LogP contribution in [0.4, 0.5) is 0 Å². The van der Waals surface area contributed by atoms with Gasteiger partial charge in [-0.1, -0.05) is 81.7 Å². The Bertz CT molecular complexity index is 463. The first-order chi connectivity index (χ1) is 12.8. The maximum absolute atomic E-state index is 5.99. The number of aryl methyl sites for hydroxylation is 1. The van der Waals surface area contributed by atoms with Crippen molar-refractivity contribution in [3.05, 3.63) is 35.4 Å². The second kappa shape index (κ2) is 12.5. The van der Waals surface area contributed by atoms with E-state index in [2.05, 4.69) is 38.1 Å². The highest BCUT2D eigenvalue weighted by molar-refractivity contribution is 5.25. The zero-order valence-corrected chi connectivity index (χ0v) is 16.9. The number of benzene rings is 1. The molecular formula is C23H38O3. The number of unbranched alkanes of at least 4 members (excludes halogenated alkanes) is 7. The van der Waals surface area contributed by atoms with Crippen LogP contribution in [0.3, 0.4) is 0 Å². The molecule has 0 radical (unpaired) electrons. The summed E-state index contributed by atoms with van der Waals surface area (Å²) in [6.07, 6.45) is 12.6. The van der Waals surface area contributed by atoms with Gasteiger partial charge in [-0.05, 0) is 19.8 Å². The minimum atomic E-state index is -0.560. The molecule has 0 N–H and O–H groups in total. The van der Waals surface area contributed by atoms with Crippen molar-refractivity contribution in [2.75, 3.05) is 26.4 Å². The van der Waals surface area contributed by atoms with Crippen LogP contribution in [0.15, 0.2) is 24.3 Å². The summed E-state index contributed by atoms with van der Waals surface area (Å²) in [6, 6.07) is 8.51. The molecular weight excluding hydrogens is 324 g/mol. The third kappa shape index (κ3) is 7.38. The molecule has 0 spiro atoms. The predicted molar refractivity (Wildman–Crippen MR) is 107 cm³/mol. The van der Waals surface area contributed by atoms with Crippen molar-refractivity contribution in [2.45, 2.75) is 83.8 Å². The highest BCUT2D eigenvalue weighted by Gasteiger charge is 2.37. The summed E-state index contributed by atoms with van der Waals surface area (Å²) in [4.78, 5) is 0. The molecule has 0 amide bonds. The topological polar surface area (TPSA) is 27.7 Å².